The van der Waals surface area contributed by atoms with E-state index in [0.717, 1.165) is 12.0 Å². The average molecular weight is 369 g/mol. The molecule has 0 aliphatic carbocycles. The summed E-state index contributed by atoms with van der Waals surface area (Å²) in [5.74, 6) is -0.0288. The molecule has 2 aromatic carbocycles. The zero-order chi connectivity index (χ0) is 20.0. The highest BCUT2D eigenvalue weighted by molar-refractivity contribution is 5.96. The quantitative estimate of drug-likeness (QED) is 0.531. The van der Waals surface area contributed by atoms with E-state index in [1.807, 2.05) is 0 Å². The molecule has 0 aliphatic rings. The van der Waals surface area contributed by atoms with E-state index in [2.05, 4.69) is 55.7 Å². The van der Waals surface area contributed by atoms with E-state index in [0.29, 0.717) is 0 Å². The van der Waals surface area contributed by atoms with Crippen LogP contribution in [0.4, 0.5) is 11.4 Å². The largest absolute Gasteiger partial charge is 0.319 e. The lowest BCUT2D eigenvalue weighted by Gasteiger charge is -2.26. The molecule has 6 heteroatoms. The number of nitrogens with zero attached hydrogens (tertiary/aromatic N) is 1. The molecule has 0 aromatic heterocycles. The van der Waals surface area contributed by atoms with Crippen molar-refractivity contribution < 1.29 is 9.72 Å². The summed E-state index contributed by atoms with van der Waals surface area (Å²) in [7, 11) is 0. The van der Waals surface area contributed by atoms with E-state index >= 15 is 0 Å². The zero-order valence-corrected chi connectivity index (χ0v) is 16.2. The van der Waals surface area contributed by atoms with Gasteiger partial charge in [0.05, 0.1) is 11.0 Å². The molecular formula is C21H27N3O3. The van der Waals surface area contributed by atoms with Gasteiger partial charge in [-0.15, -0.1) is 0 Å². The van der Waals surface area contributed by atoms with E-state index in [9.17, 15) is 14.9 Å². The summed E-state index contributed by atoms with van der Waals surface area (Å²) < 4.78 is 0. The molecule has 0 bridgehead atoms. The number of hydrogen-bond acceptors (Lipinski definition) is 4. The van der Waals surface area contributed by atoms with E-state index in [1.54, 1.807) is 19.1 Å². The Hall–Kier alpha value is -2.73. The number of nitrogens with one attached hydrogen (secondary N) is 2. The molecule has 2 aromatic rings. The van der Waals surface area contributed by atoms with Gasteiger partial charge in [0.15, 0.2) is 0 Å². The molecule has 2 atom stereocenters. The van der Waals surface area contributed by atoms with Crippen LogP contribution in [0.3, 0.4) is 0 Å². The number of benzene rings is 2. The third-order valence-electron chi connectivity index (χ3n) is 4.60. The van der Waals surface area contributed by atoms with E-state index in [4.69, 9.17) is 0 Å². The first-order valence-electron chi connectivity index (χ1n) is 9.22. The third-order valence-corrected chi connectivity index (χ3v) is 4.60. The van der Waals surface area contributed by atoms with Gasteiger partial charge in [-0.25, -0.2) is 0 Å². The number of carbonyl (C=O) groups excluding carboxylic acids is 1. The van der Waals surface area contributed by atoms with Gasteiger partial charge in [-0.2, -0.15) is 0 Å². The van der Waals surface area contributed by atoms with Crippen molar-refractivity contribution in [3.8, 4) is 0 Å². The Morgan fingerprint density at radius 2 is 1.70 bits per heavy atom. The van der Waals surface area contributed by atoms with Gasteiger partial charge in [-0.1, -0.05) is 57.2 Å². The second-order valence-electron chi connectivity index (χ2n) is 6.97. The molecule has 144 valence electrons. The predicted octanol–water partition coefficient (Wildman–Crippen LogP) is 4.47. The molecule has 0 unspecified atom stereocenters. The summed E-state index contributed by atoms with van der Waals surface area (Å²) in [6.07, 6.45) is 0.981. The lowest BCUT2D eigenvalue weighted by atomic mass is 9.94. The van der Waals surface area contributed by atoms with E-state index in [-0.39, 0.29) is 29.2 Å². The van der Waals surface area contributed by atoms with Gasteiger partial charge >= 0.3 is 0 Å². The van der Waals surface area contributed by atoms with Crippen molar-refractivity contribution in [3.05, 3.63) is 69.8 Å². The number of amides is 1. The van der Waals surface area contributed by atoms with E-state index < -0.39 is 11.0 Å². The maximum Gasteiger partial charge on any atom is 0.292 e. The highest BCUT2D eigenvalue weighted by Gasteiger charge is 2.23. The van der Waals surface area contributed by atoms with Gasteiger partial charge in [0.1, 0.15) is 5.69 Å². The SMILES string of the molecule is CCc1ccc([C@H](N[C@@H](C)C(=O)Nc2ccccc2[N+](=O)[O-])C(C)C)cc1. The Bertz CT molecular complexity index is 788. The van der Waals surface area contributed by atoms with Gasteiger partial charge in [0.25, 0.3) is 5.69 Å². The summed E-state index contributed by atoms with van der Waals surface area (Å²) in [5, 5.41) is 17.1. The number of nitro groups is 1. The molecular weight excluding hydrogens is 342 g/mol. The standard InChI is InChI=1S/C21H27N3O3/c1-5-16-10-12-17(13-11-16)20(14(2)3)22-15(4)21(25)23-18-8-6-7-9-19(18)24(26)27/h6-15,20,22H,5H2,1-4H3,(H,23,25)/t15-,20+/m0/s1. The number of para-hydroxylation sites is 2. The first kappa shape index (κ1) is 20.6. The molecule has 0 aliphatic heterocycles. The number of rotatable bonds is 8. The van der Waals surface area contributed by atoms with Crippen LogP contribution in [0.15, 0.2) is 48.5 Å². The van der Waals surface area contributed by atoms with Crippen LogP contribution in [-0.2, 0) is 11.2 Å². The predicted molar refractivity (Wildman–Crippen MR) is 108 cm³/mol. The van der Waals surface area contributed by atoms with Crippen molar-refractivity contribution in [2.45, 2.75) is 46.2 Å². The Morgan fingerprint density at radius 3 is 2.26 bits per heavy atom. The average Bonchev–Trinajstić information content (AvgIpc) is 2.66. The van der Waals surface area contributed by atoms with Crippen LogP contribution in [0.2, 0.25) is 0 Å². The van der Waals surface area contributed by atoms with Crippen LogP contribution in [0, 0.1) is 16.0 Å². The fourth-order valence-corrected chi connectivity index (χ4v) is 2.96. The number of hydrogen-bond donors (Lipinski definition) is 2. The Morgan fingerprint density at radius 1 is 1.07 bits per heavy atom. The topological polar surface area (TPSA) is 84.3 Å². The molecule has 0 spiro atoms. The molecule has 2 N–H and O–H groups in total. The zero-order valence-electron chi connectivity index (χ0n) is 16.2. The highest BCUT2D eigenvalue weighted by Crippen LogP contribution is 2.25. The number of nitro benzene ring substituents is 1. The van der Waals surface area contributed by atoms with E-state index in [1.165, 1.54) is 17.7 Å². The van der Waals surface area contributed by atoms with Gasteiger partial charge in [0, 0.05) is 12.1 Å². The molecule has 0 saturated carbocycles. The van der Waals surface area contributed by atoms with Crippen molar-refractivity contribution >= 4 is 17.3 Å². The highest BCUT2D eigenvalue weighted by atomic mass is 16.6. The van der Waals surface area contributed by atoms with Crippen LogP contribution in [0.5, 0.6) is 0 Å². The van der Waals surface area contributed by atoms with Gasteiger partial charge in [-0.05, 0) is 36.5 Å². The van der Waals surface area contributed by atoms with Gasteiger partial charge in [-0.3, -0.25) is 20.2 Å². The number of carbonyl (C=O) groups is 1. The van der Waals surface area contributed by atoms with Crippen molar-refractivity contribution in [1.29, 1.82) is 0 Å². The third kappa shape index (κ3) is 5.37. The number of anilines is 1. The maximum absolute atomic E-state index is 12.6. The van der Waals surface area contributed by atoms with Crippen LogP contribution in [0.1, 0.15) is 44.9 Å². The van der Waals surface area contributed by atoms with Crippen molar-refractivity contribution in [2.24, 2.45) is 5.92 Å². The summed E-state index contributed by atoms with van der Waals surface area (Å²) in [6, 6.07) is 14.0. The molecule has 1 amide bonds. The van der Waals surface area contributed by atoms with Crippen molar-refractivity contribution in [2.75, 3.05) is 5.32 Å². The lowest BCUT2D eigenvalue weighted by molar-refractivity contribution is -0.383. The van der Waals surface area contributed by atoms with Crippen molar-refractivity contribution in [1.82, 2.24) is 5.32 Å². The Kier molecular flexibility index (Phi) is 7.07. The molecule has 0 saturated heterocycles. The molecule has 27 heavy (non-hydrogen) atoms. The van der Waals surface area contributed by atoms with Crippen LogP contribution < -0.4 is 10.6 Å². The summed E-state index contributed by atoms with van der Waals surface area (Å²) in [4.78, 5) is 23.2. The van der Waals surface area contributed by atoms with Crippen molar-refractivity contribution in [3.63, 3.8) is 0 Å². The van der Waals surface area contributed by atoms with Gasteiger partial charge in [0.2, 0.25) is 5.91 Å². The minimum Gasteiger partial charge on any atom is -0.319 e. The normalized spacial score (nSPS) is 13.2. The molecule has 0 fully saturated rings. The second kappa shape index (κ2) is 9.28. The maximum atomic E-state index is 12.6. The number of aryl methyl sites for hydroxylation is 1. The van der Waals surface area contributed by atoms with Crippen LogP contribution in [0.25, 0.3) is 0 Å². The van der Waals surface area contributed by atoms with Gasteiger partial charge < -0.3 is 5.32 Å². The second-order valence-corrected chi connectivity index (χ2v) is 6.97. The molecule has 2 rings (SSSR count). The fourth-order valence-electron chi connectivity index (χ4n) is 2.96. The van der Waals surface area contributed by atoms with Crippen LogP contribution in [-0.4, -0.2) is 16.9 Å². The lowest BCUT2D eigenvalue weighted by Crippen LogP contribution is -2.41. The van der Waals surface area contributed by atoms with Crippen LogP contribution >= 0.6 is 0 Å². The Labute approximate surface area is 160 Å². The minimum absolute atomic E-state index is 0.00224. The fraction of sp³-hybridized carbons (Fsp3) is 0.381. The molecule has 0 heterocycles. The smallest absolute Gasteiger partial charge is 0.292 e. The monoisotopic (exact) mass is 369 g/mol. The minimum atomic E-state index is -0.511. The first-order chi connectivity index (χ1) is 12.8. The molecule has 6 nitrogen and oxygen atoms in total. The Balaban J connectivity index is 2.11. The summed E-state index contributed by atoms with van der Waals surface area (Å²) in [5.41, 5.74) is 2.47. The first-order valence-corrected chi connectivity index (χ1v) is 9.22. The molecule has 0 radical (unpaired) electrons. The summed E-state index contributed by atoms with van der Waals surface area (Å²) >= 11 is 0. The summed E-state index contributed by atoms with van der Waals surface area (Å²) in [6.45, 7) is 8.07.